The van der Waals surface area contributed by atoms with Crippen LogP contribution >= 0.6 is 0 Å². The summed E-state index contributed by atoms with van der Waals surface area (Å²) in [6.45, 7) is 0. The molecule has 0 amide bonds. The van der Waals surface area contributed by atoms with Crippen molar-refractivity contribution in [2.45, 2.75) is 0 Å². The predicted octanol–water partition coefficient (Wildman–Crippen LogP) is 2.91. The maximum absolute atomic E-state index is 13.7. The fraction of sp³-hybridized carbons (Fsp3) is 0. The second-order valence-electron chi connectivity index (χ2n) is 5.36. The van der Waals surface area contributed by atoms with Crippen molar-refractivity contribution in [2.24, 2.45) is 0 Å². The summed E-state index contributed by atoms with van der Waals surface area (Å²) in [7, 11) is 0. The fourth-order valence-corrected chi connectivity index (χ4v) is 2.47. The lowest BCUT2D eigenvalue weighted by atomic mass is 10.2. The van der Waals surface area contributed by atoms with Gasteiger partial charge in [-0.3, -0.25) is 9.78 Å². The monoisotopic (exact) mass is 347 g/mol. The molecule has 0 radical (unpaired) electrons. The average Bonchev–Trinajstić information content (AvgIpc) is 3.07. The molecule has 0 aliphatic rings. The molecule has 4 aromatic rings. The predicted molar refractivity (Wildman–Crippen MR) is 90.7 cm³/mol. The SMILES string of the molecule is N#Cc1ccc(Oc2nc3c(cnn3-c3ccccc3)c(=O)[nH]2)cc1F. The minimum Gasteiger partial charge on any atom is -0.425 e. The Balaban J connectivity index is 1.78. The quantitative estimate of drug-likeness (QED) is 0.615. The van der Waals surface area contributed by atoms with Gasteiger partial charge in [-0.05, 0) is 24.3 Å². The highest BCUT2D eigenvalue weighted by Crippen LogP contribution is 2.22. The largest absolute Gasteiger partial charge is 0.425 e. The van der Waals surface area contributed by atoms with Gasteiger partial charge in [0.1, 0.15) is 23.0 Å². The molecule has 7 nitrogen and oxygen atoms in total. The van der Waals surface area contributed by atoms with E-state index in [4.69, 9.17) is 10.00 Å². The van der Waals surface area contributed by atoms with Gasteiger partial charge in [-0.25, -0.2) is 9.07 Å². The molecule has 0 unspecified atom stereocenters. The zero-order chi connectivity index (χ0) is 18.1. The Morgan fingerprint density at radius 3 is 2.73 bits per heavy atom. The number of hydrogen-bond acceptors (Lipinski definition) is 5. The number of rotatable bonds is 3. The molecule has 8 heteroatoms. The molecule has 0 saturated heterocycles. The van der Waals surface area contributed by atoms with Gasteiger partial charge in [0.25, 0.3) is 5.56 Å². The number of nitrogens with zero attached hydrogens (tertiary/aromatic N) is 4. The summed E-state index contributed by atoms with van der Waals surface area (Å²) in [5.74, 6) is -0.613. The Morgan fingerprint density at radius 1 is 1.19 bits per heavy atom. The molecule has 0 spiro atoms. The zero-order valence-corrected chi connectivity index (χ0v) is 13.2. The minimum atomic E-state index is -0.720. The molecule has 2 aromatic heterocycles. The number of hydrogen-bond donors (Lipinski definition) is 1. The van der Waals surface area contributed by atoms with Crippen molar-refractivity contribution in [3.8, 4) is 23.5 Å². The molecule has 0 saturated carbocycles. The lowest BCUT2D eigenvalue weighted by Crippen LogP contribution is -2.10. The van der Waals surface area contributed by atoms with E-state index in [-0.39, 0.29) is 17.3 Å². The molecule has 0 fully saturated rings. The molecule has 1 N–H and O–H groups in total. The van der Waals surface area contributed by atoms with Crippen molar-refractivity contribution < 1.29 is 9.13 Å². The number of aromatic nitrogens is 4. The molecule has 0 atom stereocenters. The third kappa shape index (κ3) is 2.67. The van der Waals surface area contributed by atoms with Gasteiger partial charge >= 0.3 is 6.01 Å². The van der Waals surface area contributed by atoms with E-state index in [9.17, 15) is 9.18 Å². The van der Waals surface area contributed by atoms with Gasteiger partial charge in [0.15, 0.2) is 5.65 Å². The molecular weight excluding hydrogens is 337 g/mol. The standard InChI is InChI=1S/C18H10FN5O2/c19-15-8-13(7-6-11(15)9-20)26-18-22-16-14(17(25)23-18)10-21-24(16)12-4-2-1-3-5-12/h1-8,10H,(H,22,23,25). The summed E-state index contributed by atoms with van der Waals surface area (Å²) in [4.78, 5) is 19.0. The molecule has 2 heterocycles. The smallest absolute Gasteiger partial charge is 0.304 e. The molecule has 0 aliphatic heterocycles. The van der Waals surface area contributed by atoms with E-state index in [1.807, 2.05) is 30.3 Å². The van der Waals surface area contributed by atoms with Crippen LogP contribution in [0.25, 0.3) is 16.7 Å². The van der Waals surface area contributed by atoms with E-state index < -0.39 is 11.4 Å². The van der Waals surface area contributed by atoms with Crippen molar-refractivity contribution in [2.75, 3.05) is 0 Å². The summed E-state index contributed by atoms with van der Waals surface area (Å²) >= 11 is 0. The van der Waals surface area contributed by atoms with Gasteiger partial charge in [-0.15, -0.1) is 0 Å². The van der Waals surface area contributed by atoms with E-state index in [2.05, 4.69) is 15.1 Å². The van der Waals surface area contributed by atoms with Crippen LogP contribution in [0.5, 0.6) is 11.8 Å². The van der Waals surface area contributed by atoms with Crippen LogP contribution in [-0.2, 0) is 0 Å². The van der Waals surface area contributed by atoms with Gasteiger partial charge in [-0.2, -0.15) is 15.3 Å². The first-order valence-electron chi connectivity index (χ1n) is 7.56. The Morgan fingerprint density at radius 2 is 2.00 bits per heavy atom. The molecule has 4 rings (SSSR count). The number of nitriles is 1. The number of para-hydroxylation sites is 1. The summed E-state index contributed by atoms with van der Waals surface area (Å²) in [5, 5.41) is 13.3. The van der Waals surface area contributed by atoms with Gasteiger partial charge < -0.3 is 4.74 Å². The van der Waals surface area contributed by atoms with Gasteiger partial charge in [0.2, 0.25) is 0 Å². The van der Waals surface area contributed by atoms with Crippen molar-refractivity contribution in [1.29, 1.82) is 5.26 Å². The van der Waals surface area contributed by atoms with Crippen molar-refractivity contribution >= 4 is 11.0 Å². The van der Waals surface area contributed by atoms with E-state index in [1.165, 1.54) is 23.0 Å². The first-order valence-corrected chi connectivity index (χ1v) is 7.56. The third-order valence-corrected chi connectivity index (χ3v) is 3.69. The highest BCUT2D eigenvalue weighted by atomic mass is 19.1. The van der Waals surface area contributed by atoms with Crippen molar-refractivity contribution in [3.63, 3.8) is 0 Å². The van der Waals surface area contributed by atoms with E-state index >= 15 is 0 Å². The Bertz CT molecular complexity index is 1210. The van der Waals surface area contributed by atoms with Crippen LogP contribution in [0.15, 0.2) is 59.5 Å². The highest BCUT2D eigenvalue weighted by Gasteiger charge is 2.13. The Hall–Kier alpha value is -3.99. The number of benzene rings is 2. The maximum atomic E-state index is 13.7. The van der Waals surface area contributed by atoms with Gasteiger partial charge in [0.05, 0.1) is 17.4 Å². The van der Waals surface area contributed by atoms with E-state index in [1.54, 1.807) is 6.07 Å². The fourth-order valence-electron chi connectivity index (χ4n) is 2.47. The lowest BCUT2D eigenvalue weighted by Gasteiger charge is -2.06. The van der Waals surface area contributed by atoms with Crippen LogP contribution < -0.4 is 10.3 Å². The number of H-pyrrole nitrogens is 1. The van der Waals surface area contributed by atoms with Crippen LogP contribution in [-0.4, -0.2) is 19.7 Å². The van der Waals surface area contributed by atoms with Crippen LogP contribution in [0.2, 0.25) is 0 Å². The lowest BCUT2D eigenvalue weighted by molar-refractivity contribution is 0.438. The molecular formula is C18H10FN5O2. The highest BCUT2D eigenvalue weighted by molar-refractivity contribution is 5.75. The summed E-state index contributed by atoms with van der Waals surface area (Å²) < 4.78 is 20.7. The van der Waals surface area contributed by atoms with Crippen LogP contribution in [0.3, 0.4) is 0 Å². The Labute approximate surface area is 145 Å². The van der Waals surface area contributed by atoms with Crippen LogP contribution in [0.4, 0.5) is 4.39 Å². The summed E-state index contributed by atoms with van der Waals surface area (Å²) in [6, 6.07) is 14.6. The van der Waals surface area contributed by atoms with Crippen LogP contribution in [0.1, 0.15) is 5.56 Å². The number of nitrogens with one attached hydrogen (secondary N) is 1. The molecule has 0 bridgehead atoms. The van der Waals surface area contributed by atoms with E-state index in [0.717, 1.165) is 11.8 Å². The van der Waals surface area contributed by atoms with E-state index in [0.29, 0.717) is 11.0 Å². The average molecular weight is 347 g/mol. The normalized spacial score (nSPS) is 10.6. The summed E-state index contributed by atoms with van der Waals surface area (Å²) in [6.07, 6.45) is 1.42. The topological polar surface area (TPSA) is 96.6 Å². The summed E-state index contributed by atoms with van der Waals surface area (Å²) in [5.41, 5.74) is 0.512. The van der Waals surface area contributed by atoms with Gasteiger partial charge in [-0.1, -0.05) is 18.2 Å². The number of aromatic amines is 1. The maximum Gasteiger partial charge on any atom is 0.304 e. The molecule has 2 aromatic carbocycles. The first-order chi connectivity index (χ1) is 12.7. The second-order valence-corrected chi connectivity index (χ2v) is 5.36. The second kappa shape index (κ2) is 6.14. The molecule has 126 valence electrons. The number of fused-ring (bicyclic) bond motifs is 1. The molecule has 26 heavy (non-hydrogen) atoms. The van der Waals surface area contributed by atoms with Crippen molar-refractivity contribution in [3.05, 3.63) is 76.5 Å². The van der Waals surface area contributed by atoms with Gasteiger partial charge in [0, 0.05) is 6.07 Å². The number of ether oxygens (including phenoxy) is 1. The Kier molecular flexibility index (Phi) is 3.67. The van der Waals surface area contributed by atoms with Crippen LogP contribution in [0, 0.1) is 17.1 Å². The number of halogens is 1. The zero-order valence-electron chi connectivity index (χ0n) is 13.2. The molecule has 0 aliphatic carbocycles. The first kappa shape index (κ1) is 15.5. The third-order valence-electron chi connectivity index (χ3n) is 3.69. The minimum absolute atomic E-state index is 0.101. The van der Waals surface area contributed by atoms with Crippen molar-refractivity contribution in [1.82, 2.24) is 19.7 Å².